The van der Waals surface area contributed by atoms with E-state index in [-0.39, 0.29) is 11.4 Å². The summed E-state index contributed by atoms with van der Waals surface area (Å²) >= 11 is 0. The fourth-order valence-electron chi connectivity index (χ4n) is 3.06. The van der Waals surface area contributed by atoms with E-state index in [2.05, 4.69) is 13.0 Å². The van der Waals surface area contributed by atoms with Crippen LogP contribution in [0.2, 0.25) is 0 Å². The molecule has 0 aromatic heterocycles. The summed E-state index contributed by atoms with van der Waals surface area (Å²) in [5, 5.41) is 0. The van der Waals surface area contributed by atoms with Gasteiger partial charge in [0.15, 0.2) is 0 Å². The summed E-state index contributed by atoms with van der Waals surface area (Å²) in [6.45, 7) is 2.97. The number of carbonyl (C=O) groups is 1. The van der Waals surface area contributed by atoms with Gasteiger partial charge in [0.2, 0.25) is 5.91 Å². The summed E-state index contributed by atoms with van der Waals surface area (Å²) in [6, 6.07) is 8.20. The highest BCUT2D eigenvalue weighted by Crippen LogP contribution is 2.38. The molecule has 2 aliphatic rings. The average Bonchev–Trinajstić information content (AvgIpc) is 2.66. The molecule has 1 amide bonds. The van der Waals surface area contributed by atoms with E-state index in [4.69, 9.17) is 5.73 Å². The van der Waals surface area contributed by atoms with Gasteiger partial charge in [-0.25, -0.2) is 0 Å². The normalized spacial score (nSPS) is 24.6. The first-order valence-corrected chi connectivity index (χ1v) is 6.77. The minimum Gasteiger partial charge on any atom is -0.325 e. The van der Waals surface area contributed by atoms with Gasteiger partial charge in [0.1, 0.15) is 0 Å². The van der Waals surface area contributed by atoms with Gasteiger partial charge >= 0.3 is 0 Å². The highest BCUT2D eigenvalue weighted by atomic mass is 16.2. The van der Waals surface area contributed by atoms with Gasteiger partial charge in [0.25, 0.3) is 0 Å². The van der Waals surface area contributed by atoms with Crippen LogP contribution in [0.15, 0.2) is 24.3 Å². The lowest BCUT2D eigenvalue weighted by atomic mass is 9.75. The molecule has 1 aromatic rings. The number of benzene rings is 1. The van der Waals surface area contributed by atoms with E-state index in [0.717, 1.165) is 31.5 Å². The van der Waals surface area contributed by atoms with Crippen molar-refractivity contribution >= 4 is 11.6 Å². The predicted molar refractivity (Wildman–Crippen MR) is 72.6 cm³/mol. The van der Waals surface area contributed by atoms with E-state index < -0.39 is 0 Å². The fourth-order valence-corrected chi connectivity index (χ4v) is 3.06. The van der Waals surface area contributed by atoms with E-state index in [1.54, 1.807) is 0 Å². The lowest BCUT2D eigenvalue weighted by molar-refractivity contribution is -0.120. The van der Waals surface area contributed by atoms with Crippen molar-refractivity contribution in [3.63, 3.8) is 0 Å². The lowest BCUT2D eigenvalue weighted by Crippen LogP contribution is -2.50. The van der Waals surface area contributed by atoms with E-state index >= 15 is 0 Å². The number of carbonyl (C=O) groups excluding carboxylic acids is 1. The molecule has 0 radical (unpaired) electrons. The van der Waals surface area contributed by atoms with Gasteiger partial charge in [-0.05, 0) is 30.9 Å². The monoisotopic (exact) mass is 244 g/mol. The number of rotatable bonds is 2. The molecule has 1 fully saturated rings. The SMILES string of the molecule is C[C@H]1CN(C(=O)CC2(N)CCC2)c2ccccc21. The van der Waals surface area contributed by atoms with Crippen molar-refractivity contribution in [3.8, 4) is 0 Å². The molecule has 0 saturated heterocycles. The molecule has 96 valence electrons. The molecule has 0 spiro atoms. The molecular weight excluding hydrogens is 224 g/mol. The highest BCUT2D eigenvalue weighted by molar-refractivity contribution is 5.96. The number of nitrogens with zero attached hydrogens (tertiary/aromatic N) is 1. The van der Waals surface area contributed by atoms with Crippen LogP contribution in [-0.2, 0) is 4.79 Å². The number of amides is 1. The Morgan fingerprint density at radius 1 is 1.44 bits per heavy atom. The van der Waals surface area contributed by atoms with Crippen molar-refractivity contribution < 1.29 is 4.79 Å². The van der Waals surface area contributed by atoms with E-state index in [1.165, 1.54) is 5.56 Å². The molecule has 3 rings (SSSR count). The Morgan fingerprint density at radius 2 is 2.17 bits per heavy atom. The van der Waals surface area contributed by atoms with Crippen LogP contribution in [0, 0.1) is 0 Å². The molecular formula is C15H20N2O. The number of fused-ring (bicyclic) bond motifs is 1. The first-order chi connectivity index (χ1) is 8.59. The second kappa shape index (κ2) is 4.09. The molecule has 1 aliphatic carbocycles. The van der Waals surface area contributed by atoms with Gasteiger partial charge in [0.05, 0.1) is 0 Å². The zero-order valence-electron chi connectivity index (χ0n) is 10.9. The Labute approximate surface area is 108 Å². The van der Waals surface area contributed by atoms with Crippen LogP contribution < -0.4 is 10.6 Å². The first-order valence-electron chi connectivity index (χ1n) is 6.77. The maximum Gasteiger partial charge on any atom is 0.228 e. The van der Waals surface area contributed by atoms with Crippen molar-refractivity contribution in [2.75, 3.05) is 11.4 Å². The van der Waals surface area contributed by atoms with E-state index in [0.29, 0.717) is 12.3 Å². The number of nitrogens with two attached hydrogens (primary N) is 1. The Hall–Kier alpha value is -1.35. The molecule has 2 N–H and O–H groups in total. The van der Waals surface area contributed by atoms with Crippen LogP contribution in [0.3, 0.4) is 0 Å². The smallest absolute Gasteiger partial charge is 0.228 e. The van der Waals surface area contributed by atoms with Crippen LogP contribution in [0.1, 0.15) is 44.1 Å². The van der Waals surface area contributed by atoms with Gasteiger partial charge in [-0.2, -0.15) is 0 Å². The number of para-hydroxylation sites is 1. The summed E-state index contributed by atoms with van der Waals surface area (Å²) in [5.41, 5.74) is 8.32. The third kappa shape index (κ3) is 1.83. The van der Waals surface area contributed by atoms with Crippen LogP contribution >= 0.6 is 0 Å². The van der Waals surface area contributed by atoms with Crippen molar-refractivity contribution in [3.05, 3.63) is 29.8 Å². The molecule has 3 nitrogen and oxygen atoms in total. The van der Waals surface area contributed by atoms with Crippen molar-refractivity contribution in [2.45, 2.75) is 44.1 Å². The number of hydrogen-bond acceptors (Lipinski definition) is 2. The molecule has 0 bridgehead atoms. The fraction of sp³-hybridized carbons (Fsp3) is 0.533. The van der Waals surface area contributed by atoms with Crippen LogP contribution in [0.5, 0.6) is 0 Å². The van der Waals surface area contributed by atoms with Crippen LogP contribution in [0.25, 0.3) is 0 Å². The minimum absolute atomic E-state index is 0.189. The molecule has 3 heteroatoms. The molecule has 1 heterocycles. The summed E-state index contributed by atoms with van der Waals surface area (Å²) in [4.78, 5) is 14.3. The predicted octanol–water partition coefficient (Wildman–Crippen LogP) is 2.41. The van der Waals surface area contributed by atoms with Gasteiger partial charge < -0.3 is 10.6 Å². The maximum atomic E-state index is 12.4. The summed E-state index contributed by atoms with van der Waals surface area (Å²) in [6.07, 6.45) is 3.64. The second-order valence-electron chi connectivity index (χ2n) is 5.86. The van der Waals surface area contributed by atoms with Gasteiger partial charge in [-0.15, -0.1) is 0 Å². The van der Waals surface area contributed by atoms with E-state index in [9.17, 15) is 4.79 Å². The molecule has 1 atom stereocenters. The maximum absolute atomic E-state index is 12.4. The number of anilines is 1. The van der Waals surface area contributed by atoms with Gasteiger partial charge in [-0.1, -0.05) is 25.1 Å². The van der Waals surface area contributed by atoms with Crippen LogP contribution in [0.4, 0.5) is 5.69 Å². The van der Waals surface area contributed by atoms with E-state index in [1.807, 2.05) is 23.1 Å². The van der Waals surface area contributed by atoms with Gasteiger partial charge in [0, 0.05) is 30.1 Å². The largest absolute Gasteiger partial charge is 0.325 e. The molecule has 18 heavy (non-hydrogen) atoms. The third-order valence-corrected chi connectivity index (χ3v) is 4.37. The van der Waals surface area contributed by atoms with Crippen LogP contribution in [-0.4, -0.2) is 18.0 Å². The lowest BCUT2D eigenvalue weighted by Gasteiger charge is -2.38. The Balaban J connectivity index is 1.80. The topological polar surface area (TPSA) is 46.3 Å². The second-order valence-corrected chi connectivity index (χ2v) is 5.86. The summed E-state index contributed by atoms with van der Waals surface area (Å²) in [7, 11) is 0. The minimum atomic E-state index is -0.224. The average molecular weight is 244 g/mol. The zero-order chi connectivity index (χ0) is 12.8. The highest BCUT2D eigenvalue weighted by Gasteiger charge is 2.38. The van der Waals surface area contributed by atoms with Gasteiger partial charge in [-0.3, -0.25) is 4.79 Å². The Kier molecular flexibility index (Phi) is 2.67. The third-order valence-electron chi connectivity index (χ3n) is 4.37. The van der Waals surface area contributed by atoms with Crippen molar-refractivity contribution in [1.82, 2.24) is 0 Å². The molecule has 1 aromatic carbocycles. The van der Waals surface area contributed by atoms with Crippen molar-refractivity contribution in [2.24, 2.45) is 5.73 Å². The Morgan fingerprint density at radius 3 is 2.83 bits per heavy atom. The first kappa shape index (κ1) is 11.7. The quantitative estimate of drug-likeness (QED) is 0.868. The number of hydrogen-bond donors (Lipinski definition) is 1. The summed E-state index contributed by atoms with van der Waals surface area (Å²) in [5.74, 6) is 0.620. The van der Waals surface area contributed by atoms with Crippen molar-refractivity contribution in [1.29, 1.82) is 0 Å². The molecule has 0 unspecified atom stereocenters. The standard InChI is InChI=1S/C15H20N2O/c1-11-10-17(13-6-3-2-5-12(11)13)14(18)9-15(16)7-4-8-15/h2-3,5-6,11H,4,7-10,16H2,1H3/t11-/m0/s1. The zero-order valence-corrected chi connectivity index (χ0v) is 10.9. The molecule has 1 saturated carbocycles. The summed E-state index contributed by atoms with van der Waals surface area (Å²) < 4.78 is 0. The Bertz CT molecular complexity index is 479. The molecule has 1 aliphatic heterocycles.